The molecular weight excluding hydrogens is 194 g/mol. The first-order valence-corrected chi connectivity index (χ1v) is 4.54. The molecule has 1 aromatic carbocycles. The number of ether oxygens (including phenoxy) is 1. The maximum atomic E-state index is 11.3. The SMILES string of the molecule is CC1Oc2ccc(C(=N)N)cc2NC1=O. The second-order valence-corrected chi connectivity index (χ2v) is 3.37. The number of nitrogens with two attached hydrogens (primary N) is 1. The number of rotatable bonds is 1. The van der Waals surface area contributed by atoms with Gasteiger partial charge in [0.05, 0.1) is 5.69 Å². The molecule has 0 saturated carbocycles. The van der Waals surface area contributed by atoms with Gasteiger partial charge >= 0.3 is 0 Å². The Morgan fingerprint density at radius 3 is 3.00 bits per heavy atom. The van der Waals surface area contributed by atoms with Crippen LogP contribution in [0, 0.1) is 5.41 Å². The molecule has 1 aliphatic heterocycles. The third kappa shape index (κ3) is 1.63. The first-order valence-electron chi connectivity index (χ1n) is 4.54. The Morgan fingerprint density at radius 2 is 2.33 bits per heavy atom. The van der Waals surface area contributed by atoms with Crippen LogP contribution in [0.5, 0.6) is 5.75 Å². The van der Waals surface area contributed by atoms with Gasteiger partial charge in [0, 0.05) is 5.56 Å². The van der Waals surface area contributed by atoms with Crippen molar-refractivity contribution in [2.45, 2.75) is 13.0 Å². The van der Waals surface area contributed by atoms with Crippen LogP contribution in [-0.2, 0) is 4.79 Å². The summed E-state index contributed by atoms with van der Waals surface area (Å²) in [5.41, 5.74) is 6.46. The fourth-order valence-corrected chi connectivity index (χ4v) is 1.38. The van der Waals surface area contributed by atoms with Crippen molar-refractivity contribution in [1.82, 2.24) is 0 Å². The number of amides is 1. The van der Waals surface area contributed by atoms with Gasteiger partial charge in [0.25, 0.3) is 5.91 Å². The number of amidine groups is 1. The van der Waals surface area contributed by atoms with E-state index in [2.05, 4.69) is 5.32 Å². The number of carbonyl (C=O) groups is 1. The molecule has 1 aromatic rings. The molecule has 5 nitrogen and oxygen atoms in total. The third-order valence-electron chi connectivity index (χ3n) is 2.22. The predicted molar refractivity (Wildman–Crippen MR) is 56.2 cm³/mol. The van der Waals surface area contributed by atoms with Crippen LogP contribution in [0.4, 0.5) is 5.69 Å². The van der Waals surface area contributed by atoms with Crippen LogP contribution >= 0.6 is 0 Å². The molecule has 0 saturated heterocycles. The molecule has 0 spiro atoms. The Kier molecular flexibility index (Phi) is 2.07. The number of nitrogens with one attached hydrogen (secondary N) is 2. The molecule has 1 atom stereocenters. The maximum Gasteiger partial charge on any atom is 0.265 e. The van der Waals surface area contributed by atoms with Gasteiger partial charge in [0.1, 0.15) is 11.6 Å². The van der Waals surface area contributed by atoms with Crippen LogP contribution in [0.1, 0.15) is 12.5 Å². The van der Waals surface area contributed by atoms with E-state index in [1.807, 2.05) is 0 Å². The summed E-state index contributed by atoms with van der Waals surface area (Å²) in [6.45, 7) is 1.68. The van der Waals surface area contributed by atoms with Crippen molar-refractivity contribution in [3.05, 3.63) is 23.8 Å². The maximum absolute atomic E-state index is 11.3. The number of nitrogen functional groups attached to an aromatic ring is 1. The van der Waals surface area contributed by atoms with Gasteiger partial charge in [-0.15, -0.1) is 0 Å². The summed E-state index contributed by atoms with van der Waals surface area (Å²) >= 11 is 0. The number of anilines is 1. The first kappa shape index (κ1) is 9.51. The lowest BCUT2D eigenvalue weighted by Gasteiger charge is -2.23. The standard InChI is InChI=1S/C10H11N3O2/c1-5-10(14)13-7-4-6(9(11)12)2-3-8(7)15-5/h2-5H,1H3,(H3,11,12)(H,13,14). The average Bonchev–Trinajstić information content (AvgIpc) is 2.19. The largest absolute Gasteiger partial charge is 0.479 e. The van der Waals surface area contributed by atoms with Gasteiger partial charge in [-0.2, -0.15) is 0 Å². The Bertz CT molecular complexity index is 442. The van der Waals surface area contributed by atoms with E-state index in [-0.39, 0.29) is 11.7 Å². The molecule has 15 heavy (non-hydrogen) atoms. The molecule has 4 N–H and O–H groups in total. The minimum atomic E-state index is -0.485. The molecule has 2 rings (SSSR count). The summed E-state index contributed by atoms with van der Waals surface area (Å²) < 4.78 is 5.36. The van der Waals surface area contributed by atoms with E-state index in [0.29, 0.717) is 17.0 Å². The van der Waals surface area contributed by atoms with Crippen molar-refractivity contribution in [2.24, 2.45) is 5.73 Å². The third-order valence-corrected chi connectivity index (χ3v) is 2.22. The molecule has 0 aromatic heterocycles. The van der Waals surface area contributed by atoms with Gasteiger partial charge in [-0.3, -0.25) is 10.2 Å². The van der Waals surface area contributed by atoms with E-state index < -0.39 is 6.10 Å². The molecule has 0 bridgehead atoms. The number of hydrogen-bond acceptors (Lipinski definition) is 3. The minimum absolute atomic E-state index is 0.0364. The van der Waals surface area contributed by atoms with Crippen LogP contribution < -0.4 is 15.8 Å². The number of hydrogen-bond donors (Lipinski definition) is 3. The number of carbonyl (C=O) groups excluding carboxylic acids is 1. The molecule has 1 amide bonds. The zero-order valence-electron chi connectivity index (χ0n) is 8.20. The van der Waals surface area contributed by atoms with Crippen LogP contribution in [0.3, 0.4) is 0 Å². The normalized spacial score (nSPS) is 18.7. The predicted octanol–water partition coefficient (Wildman–Crippen LogP) is 0.690. The van der Waals surface area contributed by atoms with Gasteiger partial charge in [0.15, 0.2) is 6.10 Å². The monoisotopic (exact) mass is 205 g/mol. The topological polar surface area (TPSA) is 88.2 Å². The van der Waals surface area contributed by atoms with Gasteiger partial charge in [0.2, 0.25) is 0 Å². The summed E-state index contributed by atoms with van der Waals surface area (Å²) in [4.78, 5) is 11.3. The fraction of sp³-hybridized carbons (Fsp3) is 0.200. The quantitative estimate of drug-likeness (QED) is 0.465. The van der Waals surface area contributed by atoms with Crippen molar-refractivity contribution in [1.29, 1.82) is 5.41 Å². The average molecular weight is 205 g/mol. The van der Waals surface area contributed by atoms with Crippen LogP contribution in [0.2, 0.25) is 0 Å². The smallest absolute Gasteiger partial charge is 0.265 e. The zero-order chi connectivity index (χ0) is 11.0. The molecular formula is C10H11N3O2. The van der Waals surface area contributed by atoms with E-state index >= 15 is 0 Å². The molecule has 0 aliphatic carbocycles. The van der Waals surface area contributed by atoms with Crippen molar-refractivity contribution in [3.8, 4) is 5.75 Å². The first-order chi connectivity index (χ1) is 7.08. The highest BCUT2D eigenvalue weighted by atomic mass is 16.5. The molecule has 1 heterocycles. The molecule has 5 heteroatoms. The second-order valence-electron chi connectivity index (χ2n) is 3.37. The summed E-state index contributed by atoms with van der Waals surface area (Å²) in [6, 6.07) is 5.01. The van der Waals surface area contributed by atoms with Crippen LogP contribution in [0.25, 0.3) is 0 Å². The Labute approximate surface area is 86.7 Å². The Hall–Kier alpha value is -2.04. The number of benzene rings is 1. The lowest BCUT2D eigenvalue weighted by atomic mass is 10.1. The van der Waals surface area contributed by atoms with Crippen molar-refractivity contribution < 1.29 is 9.53 Å². The van der Waals surface area contributed by atoms with Gasteiger partial charge in [-0.05, 0) is 25.1 Å². The van der Waals surface area contributed by atoms with E-state index in [4.69, 9.17) is 15.9 Å². The summed E-state index contributed by atoms with van der Waals surface area (Å²) in [6.07, 6.45) is -0.485. The van der Waals surface area contributed by atoms with E-state index in [0.717, 1.165) is 0 Å². The highest BCUT2D eigenvalue weighted by Crippen LogP contribution is 2.30. The lowest BCUT2D eigenvalue weighted by molar-refractivity contribution is -0.122. The van der Waals surface area contributed by atoms with Gasteiger partial charge < -0.3 is 15.8 Å². The molecule has 0 fully saturated rings. The number of fused-ring (bicyclic) bond motifs is 1. The van der Waals surface area contributed by atoms with Crippen molar-refractivity contribution in [3.63, 3.8) is 0 Å². The van der Waals surface area contributed by atoms with Crippen LogP contribution in [-0.4, -0.2) is 17.8 Å². The van der Waals surface area contributed by atoms with Gasteiger partial charge in [-0.1, -0.05) is 0 Å². The molecule has 78 valence electrons. The molecule has 1 aliphatic rings. The van der Waals surface area contributed by atoms with E-state index in [9.17, 15) is 4.79 Å². The van der Waals surface area contributed by atoms with Gasteiger partial charge in [-0.25, -0.2) is 0 Å². The molecule has 0 radical (unpaired) electrons. The van der Waals surface area contributed by atoms with Crippen molar-refractivity contribution in [2.75, 3.05) is 5.32 Å². The minimum Gasteiger partial charge on any atom is -0.479 e. The fourth-order valence-electron chi connectivity index (χ4n) is 1.38. The second kappa shape index (κ2) is 3.27. The Balaban J connectivity index is 2.41. The summed E-state index contributed by atoms with van der Waals surface area (Å²) in [7, 11) is 0. The molecule has 1 unspecified atom stereocenters. The lowest BCUT2D eigenvalue weighted by Crippen LogP contribution is -2.34. The summed E-state index contributed by atoms with van der Waals surface area (Å²) in [5, 5.41) is 9.96. The summed E-state index contributed by atoms with van der Waals surface area (Å²) in [5.74, 6) is 0.376. The zero-order valence-corrected chi connectivity index (χ0v) is 8.20. The van der Waals surface area contributed by atoms with E-state index in [1.54, 1.807) is 25.1 Å². The highest BCUT2D eigenvalue weighted by Gasteiger charge is 2.23. The van der Waals surface area contributed by atoms with Crippen LogP contribution in [0.15, 0.2) is 18.2 Å². The van der Waals surface area contributed by atoms with E-state index in [1.165, 1.54) is 0 Å². The van der Waals surface area contributed by atoms with Crippen molar-refractivity contribution >= 4 is 17.4 Å². The highest BCUT2D eigenvalue weighted by molar-refractivity contribution is 6.01. The Morgan fingerprint density at radius 1 is 1.60 bits per heavy atom.